The minimum Gasteiger partial charge on any atom is -0.465 e. The number of ether oxygens (including phenoxy) is 2. The molecule has 1 aliphatic rings. The molecule has 176 valence electrons. The lowest BCUT2D eigenvalue weighted by atomic mass is 10.1. The maximum Gasteiger partial charge on any atom is 0.573 e. The molecule has 0 radical (unpaired) electrons. The molecule has 0 aliphatic carbocycles. The van der Waals surface area contributed by atoms with Crippen LogP contribution < -0.4 is 4.74 Å². The zero-order valence-electron chi connectivity index (χ0n) is 16.8. The van der Waals surface area contributed by atoms with Crippen molar-refractivity contribution in [2.75, 3.05) is 13.2 Å². The Morgan fingerprint density at radius 2 is 1.76 bits per heavy atom. The average Bonchev–Trinajstić information content (AvgIpc) is 3.38. The number of nitrogens with zero attached hydrogens (tertiary/aromatic N) is 4. The molecule has 0 bridgehead atoms. The first kappa shape index (κ1) is 22.7. The topological polar surface area (TPSA) is 89.2 Å². The lowest BCUT2D eigenvalue weighted by Crippen LogP contribution is -2.39. The van der Waals surface area contributed by atoms with Crippen molar-refractivity contribution in [1.29, 1.82) is 0 Å². The van der Waals surface area contributed by atoms with Crippen LogP contribution in [-0.2, 0) is 10.8 Å². The van der Waals surface area contributed by atoms with Crippen LogP contribution in [-0.4, -0.2) is 56.3 Å². The Morgan fingerprint density at radius 1 is 1.06 bits per heavy atom. The van der Waals surface area contributed by atoms with Crippen LogP contribution >= 0.6 is 0 Å². The molecule has 1 fully saturated rings. The van der Waals surface area contributed by atoms with Crippen LogP contribution in [0.2, 0.25) is 0 Å². The summed E-state index contributed by atoms with van der Waals surface area (Å²) in [7, 11) is 0. The number of aromatic nitrogens is 3. The average molecular weight is 472 g/mol. The van der Waals surface area contributed by atoms with Gasteiger partial charge in [-0.2, -0.15) is 8.78 Å². The first-order chi connectivity index (χ1) is 15.5. The number of hydrogen-bond acceptors (Lipinski definition) is 5. The Kier molecular flexibility index (Phi) is 5.82. The van der Waals surface area contributed by atoms with E-state index < -0.39 is 42.8 Å². The quantitative estimate of drug-likeness (QED) is 0.532. The number of fused-ring (bicyclic) bond motifs is 1. The van der Waals surface area contributed by atoms with Gasteiger partial charge in [-0.05, 0) is 48.2 Å². The Balaban J connectivity index is 1.55. The summed E-state index contributed by atoms with van der Waals surface area (Å²) in [5.74, 6) is -1.23. The van der Waals surface area contributed by atoms with Crippen molar-refractivity contribution in [3.05, 3.63) is 48.4 Å². The van der Waals surface area contributed by atoms with Gasteiger partial charge in [-0.3, -0.25) is 4.40 Å². The summed E-state index contributed by atoms with van der Waals surface area (Å²) in [6, 6.07) is 7.19. The van der Waals surface area contributed by atoms with Crippen LogP contribution in [0.25, 0.3) is 16.8 Å². The van der Waals surface area contributed by atoms with Crippen LogP contribution in [0.15, 0.2) is 42.6 Å². The number of carboxylic acid groups (broad SMARTS) is 1. The van der Waals surface area contributed by atoms with E-state index in [4.69, 9.17) is 9.84 Å². The minimum atomic E-state index is -4.83. The van der Waals surface area contributed by atoms with E-state index in [1.807, 2.05) is 0 Å². The number of pyridine rings is 1. The SMILES string of the molecule is O=C(O)N1CCC[C@H]1COC(F)(F)c1nnc2ccc(-c3ccc(OC(F)(F)F)cc3)cn12. The van der Waals surface area contributed by atoms with Gasteiger partial charge in [0.25, 0.3) is 0 Å². The highest BCUT2D eigenvalue weighted by Crippen LogP contribution is 2.32. The highest BCUT2D eigenvalue weighted by Gasteiger charge is 2.41. The van der Waals surface area contributed by atoms with E-state index in [9.17, 15) is 26.7 Å². The highest BCUT2D eigenvalue weighted by molar-refractivity contribution is 5.66. The fourth-order valence-corrected chi connectivity index (χ4v) is 3.64. The van der Waals surface area contributed by atoms with E-state index in [1.54, 1.807) is 6.07 Å². The van der Waals surface area contributed by atoms with Gasteiger partial charge in [0.15, 0.2) is 5.65 Å². The fourth-order valence-electron chi connectivity index (χ4n) is 3.64. The standard InChI is InChI=1S/C20H17F5N4O4/c21-19(22,32-11-14-2-1-9-28(14)18(30)31)17-27-26-16-8-5-13(10-29(16)17)12-3-6-15(7-4-12)33-20(23,24)25/h3-8,10,14H,1-2,9,11H2,(H,30,31)/t14-/m0/s1. The van der Waals surface area contributed by atoms with Crippen molar-refractivity contribution in [1.82, 2.24) is 19.5 Å². The third kappa shape index (κ3) is 4.97. The van der Waals surface area contributed by atoms with E-state index in [0.29, 0.717) is 24.0 Å². The van der Waals surface area contributed by atoms with Crippen LogP contribution in [0, 0.1) is 0 Å². The number of likely N-dealkylation sites (tertiary alicyclic amines) is 1. The maximum atomic E-state index is 14.8. The predicted molar refractivity (Wildman–Crippen MR) is 103 cm³/mol. The van der Waals surface area contributed by atoms with Crippen molar-refractivity contribution in [2.24, 2.45) is 0 Å². The molecule has 33 heavy (non-hydrogen) atoms. The number of alkyl halides is 5. The molecular formula is C20H17F5N4O4. The summed E-state index contributed by atoms with van der Waals surface area (Å²) in [5.41, 5.74) is 0.950. The molecule has 3 aromatic rings. The lowest BCUT2D eigenvalue weighted by molar-refractivity contribution is -0.274. The molecule has 13 heteroatoms. The highest BCUT2D eigenvalue weighted by atomic mass is 19.4. The molecule has 0 unspecified atom stereocenters. The van der Waals surface area contributed by atoms with Gasteiger partial charge in [0, 0.05) is 12.7 Å². The molecule has 1 N–H and O–H groups in total. The van der Waals surface area contributed by atoms with Crippen LogP contribution in [0.1, 0.15) is 18.7 Å². The van der Waals surface area contributed by atoms with Gasteiger partial charge in [0.1, 0.15) is 5.75 Å². The van der Waals surface area contributed by atoms with Gasteiger partial charge < -0.3 is 19.5 Å². The lowest BCUT2D eigenvalue weighted by Gasteiger charge is -2.23. The second-order valence-electron chi connectivity index (χ2n) is 7.34. The van der Waals surface area contributed by atoms with Crippen LogP contribution in [0.4, 0.5) is 26.7 Å². The van der Waals surface area contributed by atoms with Crippen molar-refractivity contribution < 1.29 is 41.3 Å². The number of carbonyl (C=O) groups is 1. The van der Waals surface area contributed by atoms with Crippen LogP contribution in [0.5, 0.6) is 5.75 Å². The van der Waals surface area contributed by atoms with Gasteiger partial charge >= 0.3 is 18.6 Å². The molecule has 1 saturated heterocycles. The summed E-state index contributed by atoms with van der Waals surface area (Å²) < 4.78 is 76.2. The Bertz CT molecular complexity index is 1150. The molecule has 4 rings (SSSR count). The van der Waals surface area contributed by atoms with E-state index in [0.717, 1.165) is 21.4 Å². The number of hydrogen-bond donors (Lipinski definition) is 1. The number of benzene rings is 1. The number of halogens is 5. The van der Waals surface area contributed by atoms with Crippen molar-refractivity contribution in [2.45, 2.75) is 31.4 Å². The van der Waals surface area contributed by atoms with E-state index in [1.165, 1.54) is 24.4 Å². The second kappa shape index (κ2) is 8.46. The van der Waals surface area contributed by atoms with E-state index in [2.05, 4.69) is 14.9 Å². The Morgan fingerprint density at radius 3 is 2.42 bits per heavy atom. The summed E-state index contributed by atoms with van der Waals surface area (Å²) >= 11 is 0. The summed E-state index contributed by atoms with van der Waals surface area (Å²) in [6.07, 6.45) is -7.63. The first-order valence-corrected chi connectivity index (χ1v) is 9.76. The summed E-state index contributed by atoms with van der Waals surface area (Å²) in [5, 5.41) is 16.4. The van der Waals surface area contributed by atoms with Crippen molar-refractivity contribution in [3.8, 4) is 16.9 Å². The zero-order chi connectivity index (χ0) is 23.8. The van der Waals surface area contributed by atoms with Gasteiger partial charge in [0.05, 0.1) is 12.6 Å². The van der Waals surface area contributed by atoms with Crippen molar-refractivity contribution >= 4 is 11.7 Å². The molecule has 1 amide bonds. The molecule has 0 saturated carbocycles. The molecule has 0 spiro atoms. The maximum absolute atomic E-state index is 14.8. The van der Waals surface area contributed by atoms with E-state index >= 15 is 0 Å². The number of amides is 1. The van der Waals surface area contributed by atoms with Gasteiger partial charge in [-0.1, -0.05) is 12.1 Å². The summed E-state index contributed by atoms with van der Waals surface area (Å²) in [6.45, 7) is -0.270. The third-order valence-corrected chi connectivity index (χ3v) is 5.16. The zero-order valence-corrected chi connectivity index (χ0v) is 16.8. The van der Waals surface area contributed by atoms with Crippen molar-refractivity contribution in [3.63, 3.8) is 0 Å². The van der Waals surface area contributed by atoms with Gasteiger partial charge in [-0.15, -0.1) is 23.4 Å². The molecular weight excluding hydrogens is 455 g/mol. The molecule has 1 aromatic carbocycles. The first-order valence-electron chi connectivity index (χ1n) is 9.76. The van der Waals surface area contributed by atoms with E-state index in [-0.39, 0.29) is 12.2 Å². The second-order valence-corrected chi connectivity index (χ2v) is 7.34. The van der Waals surface area contributed by atoms with Gasteiger partial charge in [0.2, 0.25) is 5.82 Å². The Hall–Kier alpha value is -3.48. The largest absolute Gasteiger partial charge is 0.573 e. The molecule has 2 aromatic heterocycles. The fraction of sp³-hybridized carbons (Fsp3) is 0.350. The Labute approximate surface area is 183 Å². The molecule has 1 aliphatic heterocycles. The normalized spacial score (nSPS) is 17.0. The van der Waals surface area contributed by atoms with Crippen LogP contribution in [0.3, 0.4) is 0 Å². The smallest absolute Gasteiger partial charge is 0.465 e. The third-order valence-electron chi connectivity index (χ3n) is 5.16. The minimum absolute atomic E-state index is 0.0991. The molecule has 8 nitrogen and oxygen atoms in total. The predicted octanol–water partition coefficient (Wildman–Crippen LogP) is 4.50. The molecule has 3 heterocycles. The summed E-state index contributed by atoms with van der Waals surface area (Å²) in [4.78, 5) is 12.3. The van der Waals surface area contributed by atoms with Gasteiger partial charge in [-0.25, -0.2) is 4.79 Å². The number of rotatable bonds is 6. The molecule has 1 atom stereocenters. The monoisotopic (exact) mass is 472 g/mol.